The number of rotatable bonds is 9. The molecule has 3 aromatic rings. The summed E-state index contributed by atoms with van der Waals surface area (Å²) in [6.07, 6.45) is -15.6. The molecular formula is C35H37ClN2O13. The van der Waals surface area contributed by atoms with Crippen LogP contribution in [0.1, 0.15) is 39.5 Å². The average Bonchev–Trinajstić information content (AvgIpc) is 3.14. The van der Waals surface area contributed by atoms with E-state index in [0.29, 0.717) is 5.56 Å². The predicted octanol–water partition coefficient (Wildman–Crippen LogP) is 1.28. The van der Waals surface area contributed by atoms with E-state index in [1.165, 1.54) is 37.3 Å². The number of anilines is 1. The summed E-state index contributed by atoms with van der Waals surface area (Å²) in [5, 5.41) is 49.8. The summed E-state index contributed by atoms with van der Waals surface area (Å²) in [6, 6.07) is 21.2. The Labute approximate surface area is 296 Å². The summed E-state index contributed by atoms with van der Waals surface area (Å²) in [4.78, 5) is 37.6. The van der Waals surface area contributed by atoms with Crippen LogP contribution in [0, 0.1) is 0 Å². The molecule has 0 aromatic heterocycles. The Balaban J connectivity index is 1.18. The van der Waals surface area contributed by atoms with Crippen molar-refractivity contribution in [2.75, 3.05) is 18.5 Å². The summed E-state index contributed by atoms with van der Waals surface area (Å²) < 4.78 is 35.1. The SMILES string of the molecule is CC(=O)Nc1cc(C(=O)N[C@@H]2O[C@H](COC(=O)c3ccccc3)[C@@H](O[C@H]3O[C@@H]4COC(c5ccccc5)O[C@H]4[C@H](O)[C@H]3O)[C@H](O)[C@H]2O)ccc1Cl. The Bertz CT molecular complexity index is 1680. The molecule has 15 nitrogen and oxygen atoms in total. The molecule has 0 spiro atoms. The molecule has 3 aliphatic heterocycles. The molecule has 272 valence electrons. The van der Waals surface area contributed by atoms with Crippen LogP contribution >= 0.6 is 11.6 Å². The number of hydrogen-bond acceptors (Lipinski definition) is 13. The van der Waals surface area contributed by atoms with E-state index in [1.54, 1.807) is 42.5 Å². The van der Waals surface area contributed by atoms with E-state index < -0.39 is 92.0 Å². The summed E-state index contributed by atoms with van der Waals surface area (Å²) in [5.74, 6) is -1.92. The highest BCUT2D eigenvalue weighted by Gasteiger charge is 2.53. The van der Waals surface area contributed by atoms with Crippen LogP contribution in [-0.2, 0) is 33.2 Å². The van der Waals surface area contributed by atoms with Gasteiger partial charge in [-0.15, -0.1) is 0 Å². The van der Waals surface area contributed by atoms with Gasteiger partial charge in [0.1, 0.15) is 55.4 Å². The van der Waals surface area contributed by atoms with Crippen LogP contribution in [0.5, 0.6) is 0 Å². The van der Waals surface area contributed by atoms with Gasteiger partial charge in [0, 0.05) is 18.1 Å². The number of hydrogen-bond donors (Lipinski definition) is 6. The minimum absolute atomic E-state index is 0.0348. The molecule has 1 unspecified atom stereocenters. The number of amides is 2. The van der Waals surface area contributed by atoms with Crippen LogP contribution in [0.3, 0.4) is 0 Å². The van der Waals surface area contributed by atoms with E-state index in [0.717, 1.165) is 0 Å². The summed E-state index contributed by atoms with van der Waals surface area (Å²) in [7, 11) is 0. The highest BCUT2D eigenvalue weighted by molar-refractivity contribution is 6.33. The standard InChI is InChI=1S/C35H37ClN2O13/c1-17(39)37-22-14-20(12-13-21(22)36)31(44)38-32-27(42)25(40)29(23(48-32)15-46-33(45)18-8-4-2-5-9-18)51-35-28(43)26(41)30-24(49-35)16-47-34(50-30)19-10-6-3-7-11-19/h2-14,23-30,32,34-35,40-43H,15-16H2,1H3,(H,37,39)(H,38,44)/t23-,24-,25-,26-,27-,28-,29-,30-,32-,34?,35-/m1/s1. The first kappa shape index (κ1) is 36.8. The van der Waals surface area contributed by atoms with Crippen LogP contribution in [0.4, 0.5) is 5.69 Å². The maximum absolute atomic E-state index is 13.2. The number of aliphatic hydroxyl groups is 4. The lowest BCUT2D eigenvalue weighted by Crippen LogP contribution is -2.67. The number of carbonyl (C=O) groups is 3. The molecule has 0 saturated carbocycles. The second-order valence-electron chi connectivity index (χ2n) is 12.2. The zero-order chi connectivity index (χ0) is 36.2. The third-order valence-electron chi connectivity index (χ3n) is 8.58. The molecular weight excluding hydrogens is 692 g/mol. The van der Waals surface area contributed by atoms with Gasteiger partial charge in [0.05, 0.1) is 22.9 Å². The summed E-state index contributed by atoms with van der Waals surface area (Å²) in [6.45, 7) is 0.694. The molecule has 3 aromatic carbocycles. The number of fused-ring (bicyclic) bond motifs is 1. The van der Waals surface area contributed by atoms with Crippen molar-refractivity contribution in [3.05, 3.63) is 101 Å². The molecule has 0 aliphatic carbocycles. The van der Waals surface area contributed by atoms with Gasteiger partial charge >= 0.3 is 5.97 Å². The molecule has 2 amide bonds. The van der Waals surface area contributed by atoms with Crippen molar-refractivity contribution in [1.82, 2.24) is 5.32 Å². The largest absolute Gasteiger partial charge is 0.459 e. The van der Waals surface area contributed by atoms with Gasteiger partial charge in [-0.3, -0.25) is 9.59 Å². The number of nitrogens with one attached hydrogen (secondary N) is 2. The van der Waals surface area contributed by atoms with E-state index in [9.17, 15) is 34.8 Å². The molecule has 6 rings (SSSR count). The zero-order valence-electron chi connectivity index (χ0n) is 27.1. The lowest BCUT2D eigenvalue weighted by molar-refractivity contribution is -0.379. The highest BCUT2D eigenvalue weighted by atomic mass is 35.5. The number of halogens is 1. The fourth-order valence-corrected chi connectivity index (χ4v) is 6.13. The van der Waals surface area contributed by atoms with Gasteiger partial charge in [-0.2, -0.15) is 0 Å². The Hall–Kier alpha value is -4.00. The van der Waals surface area contributed by atoms with Gasteiger partial charge in [-0.1, -0.05) is 60.1 Å². The van der Waals surface area contributed by atoms with Crippen LogP contribution in [-0.4, -0.2) is 113 Å². The first-order valence-electron chi connectivity index (χ1n) is 16.1. The van der Waals surface area contributed by atoms with Crippen LogP contribution in [0.15, 0.2) is 78.9 Å². The van der Waals surface area contributed by atoms with Crippen LogP contribution in [0.25, 0.3) is 0 Å². The van der Waals surface area contributed by atoms with Crippen LogP contribution in [0.2, 0.25) is 5.02 Å². The van der Waals surface area contributed by atoms with Crippen molar-refractivity contribution in [2.45, 2.75) is 74.6 Å². The van der Waals surface area contributed by atoms with E-state index in [-0.39, 0.29) is 28.4 Å². The number of benzene rings is 3. The smallest absolute Gasteiger partial charge is 0.338 e. The first-order valence-corrected chi connectivity index (χ1v) is 16.5. The average molecular weight is 729 g/mol. The molecule has 6 N–H and O–H groups in total. The fourth-order valence-electron chi connectivity index (χ4n) is 5.97. The van der Waals surface area contributed by atoms with Crippen molar-refractivity contribution >= 4 is 35.1 Å². The van der Waals surface area contributed by atoms with Gasteiger partial charge < -0.3 is 59.5 Å². The third-order valence-corrected chi connectivity index (χ3v) is 8.91. The van der Waals surface area contributed by atoms with E-state index in [2.05, 4.69) is 10.6 Å². The Kier molecular flexibility index (Phi) is 11.6. The maximum atomic E-state index is 13.2. The molecule has 3 heterocycles. The fraction of sp³-hybridized carbons (Fsp3) is 0.400. The molecule has 11 atom stereocenters. The van der Waals surface area contributed by atoms with Gasteiger partial charge in [0.2, 0.25) is 5.91 Å². The monoisotopic (exact) mass is 728 g/mol. The van der Waals surface area contributed by atoms with Crippen molar-refractivity contribution < 1.29 is 63.2 Å². The predicted molar refractivity (Wildman–Crippen MR) is 176 cm³/mol. The minimum atomic E-state index is -1.81. The Morgan fingerprint density at radius 2 is 1.55 bits per heavy atom. The molecule has 51 heavy (non-hydrogen) atoms. The topological polar surface area (TPSA) is 212 Å². The highest BCUT2D eigenvalue weighted by Crippen LogP contribution is 2.36. The quantitative estimate of drug-likeness (QED) is 0.172. The summed E-state index contributed by atoms with van der Waals surface area (Å²) in [5.41, 5.74) is 1.12. The molecule has 0 bridgehead atoms. The Morgan fingerprint density at radius 3 is 2.25 bits per heavy atom. The van der Waals surface area contributed by atoms with Gasteiger partial charge in [0.25, 0.3) is 5.91 Å². The summed E-state index contributed by atoms with van der Waals surface area (Å²) >= 11 is 6.13. The van der Waals surface area contributed by atoms with E-state index in [4.69, 9.17) is 40.0 Å². The zero-order valence-corrected chi connectivity index (χ0v) is 27.9. The van der Waals surface area contributed by atoms with E-state index >= 15 is 0 Å². The molecule has 3 fully saturated rings. The van der Waals surface area contributed by atoms with Crippen molar-refractivity contribution in [2.24, 2.45) is 0 Å². The van der Waals surface area contributed by atoms with Gasteiger partial charge in [-0.25, -0.2) is 4.79 Å². The van der Waals surface area contributed by atoms with Gasteiger partial charge in [0.15, 0.2) is 18.8 Å². The number of esters is 1. The number of ether oxygens (including phenoxy) is 6. The second kappa shape index (κ2) is 16.1. The van der Waals surface area contributed by atoms with Gasteiger partial charge in [-0.05, 0) is 30.3 Å². The number of carbonyl (C=O) groups excluding carboxylic acids is 3. The third kappa shape index (κ3) is 8.39. The lowest BCUT2D eigenvalue weighted by atomic mass is 9.95. The molecule has 16 heteroatoms. The normalized spacial score (nSPS) is 31.9. The second-order valence-corrected chi connectivity index (χ2v) is 12.6. The van der Waals surface area contributed by atoms with Crippen molar-refractivity contribution in [1.29, 1.82) is 0 Å². The van der Waals surface area contributed by atoms with Crippen LogP contribution < -0.4 is 10.6 Å². The first-order chi connectivity index (χ1) is 24.5. The lowest BCUT2D eigenvalue weighted by Gasteiger charge is -2.48. The molecule has 3 saturated heterocycles. The van der Waals surface area contributed by atoms with E-state index in [1.807, 2.05) is 6.07 Å². The number of aliphatic hydroxyl groups excluding tert-OH is 4. The molecule has 0 radical (unpaired) electrons. The minimum Gasteiger partial charge on any atom is -0.459 e. The molecule has 3 aliphatic rings. The van der Waals surface area contributed by atoms with Crippen molar-refractivity contribution in [3.63, 3.8) is 0 Å². The Morgan fingerprint density at radius 1 is 0.843 bits per heavy atom. The maximum Gasteiger partial charge on any atom is 0.338 e. The van der Waals surface area contributed by atoms with Crippen molar-refractivity contribution in [3.8, 4) is 0 Å².